The van der Waals surface area contributed by atoms with E-state index in [9.17, 15) is 4.79 Å². The number of rotatable bonds is 4. The summed E-state index contributed by atoms with van der Waals surface area (Å²) in [5.41, 5.74) is 0.233. The summed E-state index contributed by atoms with van der Waals surface area (Å²) < 4.78 is 15.8. The predicted molar refractivity (Wildman–Crippen MR) is 73.2 cm³/mol. The van der Waals surface area contributed by atoms with Gasteiger partial charge in [-0.2, -0.15) is 0 Å². The maximum absolute atomic E-state index is 11.9. The second kappa shape index (κ2) is 6.56. The van der Waals surface area contributed by atoms with Crippen molar-refractivity contribution in [3.05, 3.63) is 17.8 Å². The summed E-state index contributed by atoms with van der Waals surface area (Å²) in [7, 11) is 2.82. The van der Waals surface area contributed by atoms with Crippen molar-refractivity contribution in [2.24, 2.45) is 0 Å². The van der Waals surface area contributed by atoms with E-state index >= 15 is 0 Å². The van der Waals surface area contributed by atoms with Crippen LogP contribution in [0.4, 0.5) is 0 Å². The van der Waals surface area contributed by atoms with Crippen LogP contribution in [-0.4, -0.2) is 43.9 Å². The molecule has 2 atom stereocenters. The molecular formula is C14H20N2O4. The lowest BCUT2D eigenvalue weighted by molar-refractivity contribution is 0.0584. The van der Waals surface area contributed by atoms with Gasteiger partial charge in [-0.25, -0.2) is 9.78 Å². The van der Waals surface area contributed by atoms with Gasteiger partial charge in [0.2, 0.25) is 5.88 Å². The Balaban J connectivity index is 2.20. The van der Waals surface area contributed by atoms with Crippen LogP contribution in [0.25, 0.3) is 0 Å². The van der Waals surface area contributed by atoms with E-state index in [1.54, 1.807) is 12.3 Å². The Kier molecular flexibility index (Phi) is 4.79. The van der Waals surface area contributed by atoms with Crippen LogP contribution >= 0.6 is 0 Å². The fourth-order valence-corrected chi connectivity index (χ4v) is 2.21. The number of esters is 1. The van der Waals surface area contributed by atoms with E-state index in [-0.39, 0.29) is 17.5 Å². The lowest BCUT2D eigenvalue weighted by Crippen LogP contribution is -2.42. The molecule has 6 heteroatoms. The van der Waals surface area contributed by atoms with Crippen LogP contribution in [0.5, 0.6) is 11.6 Å². The highest BCUT2D eigenvalue weighted by Gasteiger charge is 2.25. The first-order chi connectivity index (χ1) is 9.65. The quantitative estimate of drug-likeness (QED) is 0.841. The van der Waals surface area contributed by atoms with Gasteiger partial charge in [-0.05, 0) is 25.8 Å². The minimum Gasteiger partial charge on any atom is -0.496 e. The SMILES string of the molecule is COC(=O)c1c(OC)ccnc1OC1CC[C@@H](C)NC1. The molecule has 6 nitrogen and oxygen atoms in total. The molecule has 1 N–H and O–H groups in total. The van der Waals surface area contributed by atoms with Crippen molar-refractivity contribution in [2.45, 2.75) is 31.9 Å². The van der Waals surface area contributed by atoms with Crippen molar-refractivity contribution in [3.63, 3.8) is 0 Å². The minimum atomic E-state index is -0.512. The number of pyridine rings is 1. The summed E-state index contributed by atoms with van der Waals surface area (Å²) >= 11 is 0. The molecule has 1 aromatic rings. The molecule has 0 spiro atoms. The largest absolute Gasteiger partial charge is 0.496 e. The average molecular weight is 280 g/mol. The molecule has 20 heavy (non-hydrogen) atoms. The predicted octanol–water partition coefficient (Wildman–Crippen LogP) is 1.40. The molecule has 1 saturated heterocycles. The molecule has 0 radical (unpaired) electrons. The summed E-state index contributed by atoms with van der Waals surface area (Å²) in [4.78, 5) is 16.0. The van der Waals surface area contributed by atoms with E-state index in [1.165, 1.54) is 14.2 Å². The summed E-state index contributed by atoms with van der Waals surface area (Å²) in [5.74, 6) is 0.152. The number of piperidine rings is 1. The van der Waals surface area contributed by atoms with Crippen molar-refractivity contribution in [2.75, 3.05) is 20.8 Å². The molecule has 0 aliphatic carbocycles. The lowest BCUT2D eigenvalue weighted by Gasteiger charge is -2.28. The maximum atomic E-state index is 11.9. The Bertz CT molecular complexity index is 470. The molecule has 1 aliphatic rings. The van der Waals surface area contributed by atoms with E-state index in [2.05, 4.69) is 17.2 Å². The first-order valence-corrected chi connectivity index (χ1v) is 6.67. The third-order valence-electron chi connectivity index (χ3n) is 3.38. The van der Waals surface area contributed by atoms with Crippen LogP contribution < -0.4 is 14.8 Å². The van der Waals surface area contributed by atoms with E-state index < -0.39 is 5.97 Å². The number of carbonyl (C=O) groups is 1. The van der Waals surface area contributed by atoms with Gasteiger partial charge >= 0.3 is 5.97 Å². The molecule has 1 unspecified atom stereocenters. The van der Waals surface area contributed by atoms with Gasteiger partial charge < -0.3 is 19.5 Å². The summed E-state index contributed by atoms with van der Waals surface area (Å²) in [6.07, 6.45) is 3.50. The molecule has 1 fully saturated rings. The number of ether oxygens (including phenoxy) is 3. The van der Waals surface area contributed by atoms with Gasteiger partial charge in [0, 0.05) is 18.8 Å². The van der Waals surface area contributed by atoms with Crippen molar-refractivity contribution >= 4 is 5.97 Å². The Morgan fingerprint density at radius 2 is 2.20 bits per heavy atom. The third-order valence-corrected chi connectivity index (χ3v) is 3.38. The zero-order chi connectivity index (χ0) is 14.5. The number of nitrogens with zero attached hydrogens (tertiary/aromatic N) is 1. The highest BCUT2D eigenvalue weighted by atomic mass is 16.5. The molecule has 2 heterocycles. The smallest absolute Gasteiger partial charge is 0.347 e. The molecule has 110 valence electrons. The van der Waals surface area contributed by atoms with E-state index in [0.717, 1.165) is 19.4 Å². The molecule has 0 amide bonds. The average Bonchev–Trinajstić information content (AvgIpc) is 2.48. The number of nitrogens with one attached hydrogen (secondary N) is 1. The molecule has 0 aromatic carbocycles. The molecule has 1 aliphatic heterocycles. The van der Waals surface area contributed by atoms with Crippen LogP contribution in [0.2, 0.25) is 0 Å². The molecule has 2 rings (SSSR count). The normalized spacial score (nSPS) is 22.1. The number of carbonyl (C=O) groups excluding carboxylic acids is 1. The van der Waals surface area contributed by atoms with Gasteiger partial charge in [0.1, 0.15) is 11.9 Å². The Hall–Kier alpha value is -1.82. The van der Waals surface area contributed by atoms with Crippen LogP contribution in [0.15, 0.2) is 12.3 Å². The van der Waals surface area contributed by atoms with Crippen LogP contribution in [0.3, 0.4) is 0 Å². The van der Waals surface area contributed by atoms with Gasteiger partial charge in [0.25, 0.3) is 0 Å². The molecule has 0 bridgehead atoms. The maximum Gasteiger partial charge on any atom is 0.347 e. The highest BCUT2D eigenvalue weighted by molar-refractivity contribution is 5.94. The third kappa shape index (κ3) is 3.19. The Labute approximate surface area is 118 Å². The number of hydrogen-bond donors (Lipinski definition) is 1. The van der Waals surface area contributed by atoms with Crippen LogP contribution in [-0.2, 0) is 4.74 Å². The summed E-state index contributed by atoms with van der Waals surface area (Å²) in [5, 5.41) is 3.34. The second-order valence-corrected chi connectivity index (χ2v) is 4.81. The first-order valence-electron chi connectivity index (χ1n) is 6.67. The standard InChI is InChI=1S/C14H20N2O4/c1-9-4-5-10(8-16-9)20-13-12(14(17)19-3)11(18-2)6-7-15-13/h6-7,9-10,16H,4-5,8H2,1-3H3/t9-,10?/m1/s1. The van der Waals surface area contributed by atoms with Gasteiger partial charge in [0.05, 0.1) is 14.2 Å². The van der Waals surface area contributed by atoms with Gasteiger partial charge in [-0.3, -0.25) is 0 Å². The molecule has 1 aromatic heterocycles. The summed E-state index contributed by atoms with van der Waals surface area (Å²) in [6, 6.07) is 2.11. The second-order valence-electron chi connectivity index (χ2n) is 4.81. The number of hydrogen-bond acceptors (Lipinski definition) is 6. The van der Waals surface area contributed by atoms with Crippen LogP contribution in [0.1, 0.15) is 30.1 Å². The van der Waals surface area contributed by atoms with Crippen LogP contribution in [0, 0.1) is 0 Å². The monoisotopic (exact) mass is 280 g/mol. The number of methoxy groups -OCH3 is 2. The zero-order valence-electron chi connectivity index (χ0n) is 12.0. The van der Waals surface area contributed by atoms with E-state index in [0.29, 0.717) is 11.8 Å². The minimum absolute atomic E-state index is 0.00536. The van der Waals surface area contributed by atoms with Gasteiger partial charge in [-0.1, -0.05) is 0 Å². The fraction of sp³-hybridized carbons (Fsp3) is 0.571. The van der Waals surface area contributed by atoms with Crippen molar-refractivity contribution in [1.82, 2.24) is 10.3 Å². The first kappa shape index (κ1) is 14.6. The van der Waals surface area contributed by atoms with Crippen molar-refractivity contribution < 1.29 is 19.0 Å². The van der Waals surface area contributed by atoms with E-state index in [1.807, 2.05) is 0 Å². The molecular weight excluding hydrogens is 260 g/mol. The van der Waals surface area contributed by atoms with Gasteiger partial charge in [0.15, 0.2) is 5.56 Å². The van der Waals surface area contributed by atoms with Crippen molar-refractivity contribution in [1.29, 1.82) is 0 Å². The zero-order valence-corrected chi connectivity index (χ0v) is 12.0. The summed E-state index contributed by atoms with van der Waals surface area (Å²) in [6.45, 7) is 2.88. The fourth-order valence-electron chi connectivity index (χ4n) is 2.21. The highest BCUT2D eigenvalue weighted by Crippen LogP contribution is 2.28. The molecule has 0 saturated carbocycles. The van der Waals surface area contributed by atoms with Crippen molar-refractivity contribution in [3.8, 4) is 11.6 Å². The Morgan fingerprint density at radius 1 is 1.40 bits per heavy atom. The van der Waals surface area contributed by atoms with Gasteiger partial charge in [-0.15, -0.1) is 0 Å². The van der Waals surface area contributed by atoms with E-state index in [4.69, 9.17) is 14.2 Å². The Morgan fingerprint density at radius 3 is 2.80 bits per heavy atom. The number of aromatic nitrogens is 1. The lowest BCUT2D eigenvalue weighted by atomic mass is 10.0. The topological polar surface area (TPSA) is 69.7 Å².